The van der Waals surface area contributed by atoms with E-state index in [4.69, 9.17) is 10.7 Å². The molecule has 6 aromatic carbocycles. The number of rotatable bonds is 12. The van der Waals surface area contributed by atoms with Crippen LogP contribution in [-0.4, -0.2) is 5.84 Å². The highest BCUT2D eigenvalue weighted by Gasteiger charge is 2.14. The van der Waals surface area contributed by atoms with E-state index in [9.17, 15) is 0 Å². The third-order valence-corrected chi connectivity index (χ3v) is 10.1. The zero-order valence-corrected chi connectivity index (χ0v) is 35.0. The first-order chi connectivity index (χ1) is 27.8. The summed E-state index contributed by atoms with van der Waals surface area (Å²) in [5, 5.41) is 2.50. The van der Waals surface area contributed by atoms with Crippen molar-refractivity contribution in [3.05, 3.63) is 210 Å². The Morgan fingerprint density at radius 1 is 0.614 bits per heavy atom. The molecule has 0 saturated carbocycles. The summed E-state index contributed by atoms with van der Waals surface area (Å²) >= 11 is 0. The predicted molar refractivity (Wildman–Crippen MR) is 255 cm³/mol. The van der Waals surface area contributed by atoms with Gasteiger partial charge in [-0.3, -0.25) is 4.99 Å². The second-order valence-corrected chi connectivity index (χ2v) is 13.9. The van der Waals surface area contributed by atoms with E-state index in [-0.39, 0.29) is 0 Å². The number of hydrogen-bond donors (Lipinski definition) is 1. The highest BCUT2D eigenvalue weighted by molar-refractivity contribution is 6.03. The first-order valence-corrected chi connectivity index (χ1v) is 20.1. The number of fused-ring (bicyclic) bond motifs is 1. The third kappa shape index (κ3) is 11.4. The smallest absolute Gasteiger partial charge is 0.125 e. The van der Waals surface area contributed by atoms with E-state index in [1.807, 2.05) is 30.3 Å². The molecule has 0 bridgehead atoms. The molecule has 0 spiro atoms. The van der Waals surface area contributed by atoms with Gasteiger partial charge in [0.2, 0.25) is 0 Å². The molecule has 2 N–H and O–H groups in total. The van der Waals surface area contributed by atoms with Crippen molar-refractivity contribution < 1.29 is 0 Å². The molecule has 0 aliphatic carbocycles. The molecule has 2 nitrogen and oxygen atoms in total. The summed E-state index contributed by atoms with van der Waals surface area (Å²) in [6, 6.07) is 42.9. The summed E-state index contributed by atoms with van der Waals surface area (Å²) in [5.41, 5.74) is 22.2. The lowest BCUT2D eigenvalue weighted by molar-refractivity contribution is 0.960. The van der Waals surface area contributed by atoms with E-state index >= 15 is 0 Å². The molecule has 0 aromatic heterocycles. The molecule has 0 fully saturated rings. The molecule has 0 radical (unpaired) electrons. The highest BCUT2D eigenvalue weighted by Crippen LogP contribution is 2.36. The Balaban J connectivity index is 0.000000634. The fourth-order valence-corrected chi connectivity index (χ4v) is 6.90. The Morgan fingerprint density at radius 2 is 1.16 bits per heavy atom. The Morgan fingerprint density at radius 3 is 1.68 bits per heavy atom. The number of nitrogens with zero attached hydrogens (tertiary/aromatic N) is 1. The van der Waals surface area contributed by atoms with Crippen molar-refractivity contribution >= 4 is 34.3 Å². The molecular weight excluding hydrogens is 689 g/mol. The van der Waals surface area contributed by atoms with E-state index in [0.717, 1.165) is 52.6 Å². The first kappa shape index (κ1) is 43.5. The maximum Gasteiger partial charge on any atom is 0.125 e. The van der Waals surface area contributed by atoms with Crippen LogP contribution in [-0.2, 0) is 13.0 Å². The molecule has 0 amide bonds. The number of hydrogen-bond acceptors (Lipinski definition) is 1. The van der Waals surface area contributed by atoms with Crippen molar-refractivity contribution in [2.45, 2.75) is 67.3 Å². The maximum atomic E-state index is 6.72. The van der Waals surface area contributed by atoms with Crippen LogP contribution in [0.1, 0.15) is 85.0 Å². The molecule has 0 aliphatic heterocycles. The van der Waals surface area contributed by atoms with Gasteiger partial charge in [0.25, 0.3) is 0 Å². The summed E-state index contributed by atoms with van der Waals surface area (Å²) < 4.78 is 0. The van der Waals surface area contributed by atoms with E-state index < -0.39 is 0 Å². The van der Waals surface area contributed by atoms with Crippen molar-refractivity contribution in [3.63, 3.8) is 0 Å². The standard InChI is InChI=1S/C45H46N2.C8H10.C2H4/c1-7-11-19-34(10-4)35-20-22-36(23-21-35)38-26-39(28-40(27-38)45(46)47-30-33-17-13-12-14-18-33)37-24-25-43-41(15-8-2)31(5)32(6)42(16-9-3)44(43)29-37;1-2-8-6-4-3-5-7-8;1-2/h8-10,12-29H,4,7,11,30H2,1-3,5-6H3,(H2,46,47);3-7H,2H2,1H3;1-2H2/b15-8-,16-9-,34-19+;;. The van der Waals surface area contributed by atoms with Crippen LogP contribution < -0.4 is 5.73 Å². The van der Waals surface area contributed by atoms with Gasteiger partial charge in [-0.25, -0.2) is 0 Å². The number of unbranched alkanes of at least 4 members (excludes halogenated alkanes) is 1. The summed E-state index contributed by atoms with van der Waals surface area (Å²) in [6.07, 6.45) is 16.2. The van der Waals surface area contributed by atoms with E-state index in [2.05, 4.69) is 189 Å². The normalized spacial score (nSPS) is 11.6. The number of aliphatic imine (C=N–C) groups is 1. The minimum Gasteiger partial charge on any atom is -0.383 e. The number of allylic oxidation sites excluding steroid dienone is 5. The first-order valence-electron chi connectivity index (χ1n) is 20.1. The van der Waals surface area contributed by atoms with Crippen molar-refractivity contribution in [1.29, 1.82) is 0 Å². The van der Waals surface area contributed by atoms with Gasteiger partial charge in [-0.05, 0) is 142 Å². The van der Waals surface area contributed by atoms with Gasteiger partial charge in [-0.15, -0.1) is 13.2 Å². The lowest BCUT2D eigenvalue weighted by Crippen LogP contribution is -2.14. The molecule has 0 unspecified atom stereocenters. The van der Waals surface area contributed by atoms with E-state index in [0.29, 0.717) is 12.4 Å². The van der Waals surface area contributed by atoms with Crippen LogP contribution >= 0.6 is 0 Å². The number of aryl methyl sites for hydroxylation is 1. The molecule has 290 valence electrons. The molecule has 2 heteroatoms. The largest absolute Gasteiger partial charge is 0.383 e. The molecule has 0 atom stereocenters. The van der Waals surface area contributed by atoms with Gasteiger partial charge in [0.05, 0.1) is 6.54 Å². The number of benzene rings is 6. The summed E-state index contributed by atoms with van der Waals surface area (Å²) in [7, 11) is 0. The Bertz CT molecular complexity index is 2340. The molecule has 0 saturated heterocycles. The molecule has 0 aliphatic rings. The zero-order valence-electron chi connectivity index (χ0n) is 35.0. The molecular formula is C55H60N2. The van der Waals surface area contributed by atoms with Crippen LogP contribution in [0.15, 0.2) is 170 Å². The maximum absolute atomic E-state index is 6.72. The average molecular weight is 749 g/mol. The highest BCUT2D eigenvalue weighted by atomic mass is 14.8. The Hall–Kier alpha value is -6.25. The quantitative estimate of drug-likeness (QED) is 0.0575. The van der Waals surface area contributed by atoms with Crippen LogP contribution in [0.4, 0.5) is 0 Å². The zero-order chi connectivity index (χ0) is 41.2. The Labute approximate surface area is 343 Å². The van der Waals surface area contributed by atoms with Gasteiger partial charge < -0.3 is 5.73 Å². The fourth-order valence-electron chi connectivity index (χ4n) is 6.90. The van der Waals surface area contributed by atoms with E-state index in [1.165, 1.54) is 49.7 Å². The lowest BCUT2D eigenvalue weighted by atomic mass is 9.87. The van der Waals surface area contributed by atoms with Gasteiger partial charge in [0, 0.05) is 5.56 Å². The minimum absolute atomic E-state index is 0.530. The van der Waals surface area contributed by atoms with Gasteiger partial charge in [-0.1, -0.05) is 160 Å². The summed E-state index contributed by atoms with van der Waals surface area (Å²) in [6.45, 7) is 23.6. The number of amidine groups is 1. The van der Waals surface area contributed by atoms with Crippen molar-refractivity contribution in [3.8, 4) is 22.3 Å². The second-order valence-electron chi connectivity index (χ2n) is 13.9. The third-order valence-electron chi connectivity index (χ3n) is 10.1. The van der Waals surface area contributed by atoms with Crippen LogP contribution in [0.25, 0.3) is 50.8 Å². The molecule has 0 heterocycles. The van der Waals surface area contributed by atoms with Crippen molar-refractivity contribution in [2.75, 3.05) is 0 Å². The monoisotopic (exact) mass is 748 g/mol. The lowest BCUT2D eigenvalue weighted by Gasteiger charge is -2.17. The molecule has 6 rings (SSSR count). The predicted octanol–water partition coefficient (Wildman–Crippen LogP) is 15.2. The van der Waals surface area contributed by atoms with Crippen LogP contribution in [0.3, 0.4) is 0 Å². The van der Waals surface area contributed by atoms with Gasteiger partial charge in [0.15, 0.2) is 0 Å². The fraction of sp³-hybridized carbons (Fsp3) is 0.182. The van der Waals surface area contributed by atoms with Crippen LogP contribution in [0.2, 0.25) is 0 Å². The average Bonchev–Trinajstić information content (AvgIpc) is 3.27. The van der Waals surface area contributed by atoms with Gasteiger partial charge >= 0.3 is 0 Å². The summed E-state index contributed by atoms with van der Waals surface area (Å²) in [5.74, 6) is 0.530. The van der Waals surface area contributed by atoms with Gasteiger partial charge in [-0.2, -0.15) is 0 Å². The summed E-state index contributed by atoms with van der Waals surface area (Å²) in [4.78, 5) is 4.81. The van der Waals surface area contributed by atoms with Crippen molar-refractivity contribution in [2.24, 2.45) is 10.7 Å². The minimum atomic E-state index is 0.530. The molecule has 57 heavy (non-hydrogen) atoms. The van der Waals surface area contributed by atoms with Gasteiger partial charge in [0.1, 0.15) is 5.84 Å². The Kier molecular flexibility index (Phi) is 17.0. The topological polar surface area (TPSA) is 38.4 Å². The van der Waals surface area contributed by atoms with Crippen LogP contribution in [0, 0.1) is 13.8 Å². The van der Waals surface area contributed by atoms with Crippen LogP contribution in [0.5, 0.6) is 0 Å². The second kappa shape index (κ2) is 22.3. The SMILES string of the molecule is C=C.C=C/C(=C\CCC)c1ccc(-c2cc(C(N)=NCc3ccccc3)cc(-c3ccc4c(/C=C\C)c(C)c(C)c(/C=C\C)c4c3)c2)cc1.CCc1ccccc1. The molecule has 6 aromatic rings. The number of nitrogens with two attached hydrogens (primary N) is 1. The van der Waals surface area contributed by atoms with Crippen molar-refractivity contribution in [1.82, 2.24) is 0 Å². The van der Waals surface area contributed by atoms with E-state index in [1.54, 1.807) is 0 Å².